The first kappa shape index (κ1) is 25.4. The molecule has 35 heavy (non-hydrogen) atoms. The van der Waals surface area contributed by atoms with Crippen LogP contribution >= 0.6 is 0 Å². The van der Waals surface area contributed by atoms with Gasteiger partial charge in [-0.3, -0.25) is 4.79 Å². The second-order valence-electron chi connectivity index (χ2n) is 9.85. The van der Waals surface area contributed by atoms with Gasteiger partial charge in [0.15, 0.2) is 0 Å². The summed E-state index contributed by atoms with van der Waals surface area (Å²) in [6.45, 7) is 4.47. The summed E-state index contributed by atoms with van der Waals surface area (Å²) in [4.78, 5) is 13.0. The van der Waals surface area contributed by atoms with E-state index in [1.807, 2.05) is 6.07 Å². The van der Waals surface area contributed by atoms with Crippen molar-refractivity contribution < 1.29 is 19.4 Å². The summed E-state index contributed by atoms with van der Waals surface area (Å²) < 4.78 is 12.4. The molecule has 1 aliphatic heterocycles. The van der Waals surface area contributed by atoms with Crippen molar-refractivity contribution in [2.45, 2.75) is 89.8 Å². The van der Waals surface area contributed by atoms with E-state index < -0.39 is 5.97 Å². The van der Waals surface area contributed by atoms with E-state index in [0.29, 0.717) is 18.5 Å². The minimum atomic E-state index is -0.747. The molecule has 7 nitrogen and oxygen atoms in total. The largest absolute Gasteiger partial charge is 0.490 e. The van der Waals surface area contributed by atoms with Gasteiger partial charge in [-0.15, -0.1) is 5.10 Å². The molecule has 0 radical (unpaired) electrons. The number of nitrogens with zero attached hydrogens (tertiary/aromatic N) is 3. The van der Waals surface area contributed by atoms with Crippen molar-refractivity contribution in [2.24, 2.45) is 0 Å². The Balaban J connectivity index is 1.41. The monoisotopic (exact) mass is 481 g/mol. The summed E-state index contributed by atoms with van der Waals surface area (Å²) in [5.41, 5.74) is 3.19. The summed E-state index contributed by atoms with van der Waals surface area (Å²) in [6, 6.07) is 10.4. The van der Waals surface area contributed by atoms with Crippen molar-refractivity contribution in [1.29, 1.82) is 0 Å². The third-order valence-electron chi connectivity index (χ3n) is 7.10. The van der Waals surface area contributed by atoms with Gasteiger partial charge in [-0.25, -0.2) is 0 Å². The van der Waals surface area contributed by atoms with Crippen LogP contribution in [0.3, 0.4) is 0 Å². The van der Waals surface area contributed by atoms with Crippen molar-refractivity contribution >= 4 is 5.97 Å². The van der Waals surface area contributed by atoms with E-state index in [9.17, 15) is 4.79 Å². The normalized spacial score (nSPS) is 17.9. The van der Waals surface area contributed by atoms with E-state index in [0.717, 1.165) is 80.6 Å². The zero-order chi connectivity index (χ0) is 24.5. The lowest BCUT2D eigenvalue weighted by atomic mass is 9.97. The smallest absolute Gasteiger partial charge is 0.304 e. The minimum Gasteiger partial charge on any atom is -0.490 e. The Labute approximate surface area is 208 Å². The number of aromatic nitrogens is 2. The Hall–Kier alpha value is -2.67. The number of carbonyl (C=O) groups is 1. The van der Waals surface area contributed by atoms with Crippen LogP contribution in [0.5, 0.6) is 11.6 Å². The average Bonchev–Trinajstić information content (AvgIpc) is 2.88. The van der Waals surface area contributed by atoms with Crippen molar-refractivity contribution in [3.8, 4) is 22.8 Å². The highest BCUT2D eigenvalue weighted by molar-refractivity contribution is 5.67. The van der Waals surface area contributed by atoms with Gasteiger partial charge in [0.1, 0.15) is 11.9 Å². The number of aryl methyl sites for hydroxylation is 1. The van der Waals surface area contributed by atoms with Gasteiger partial charge in [-0.05, 0) is 69.1 Å². The van der Waals surface area contributed by atoms with E-state index >= 15 is 0 Å². The first-order valence-corrected chi connectivity index (χ1v) is 13.3. The first-order valence-electron chi connectivity index (χ1n) is 13.3. The molecule has 190 valence electrons. The van der Waals surface area contributed by atoms with Gasteiger partial charge in [0.25, 0.3) is 0 Å². The number of hydrogen-bond acceptors (Lipinski definition) is 6. The molecule has 2 heterocycles. The van der Waals surface area contributed by atoms with Crippen LogP contribution in [0.1, 0.15) is 76.8 Å². The molecule has 1 aromatic heterocycles. The highest BCUT2D eigenvalue weighted by Gasteiger charge is 2.22. The fourth-order valence-corrected chi connectivity index (χ4v) is 5.00. The second-order valence-corrected chi connectivity index (χ2v) is 9.85. The topological polar surface area (TPSA) is 84.8 Å². The van der Waals surface area contributed by atoms with E-state index in [4.69, 9.17) is 14.6 Å². The maximum Gasteiger partial charge on any atom is 0.304 e. The molecule has 2 fully saturated rings. The van der Waals surface area contributed by atoms with Crippen LogP contribution in [0.15, 0.2) is 30.3 Å². The molecule has 1 aliphatic carbocycles. The number of carboxylic acid groups (broad SMARTS) is 1. The Morgan fingerprint density at radius 2 is 1.71 bits per heavy atom. The number of carboxylic acids is 1. The molecular weight excluding hydrogens is 442 g/mol. The number of ether oxygens (including phenoxy) is 2. The molecule has 0 bridgehead atoms. The molecule has 0 atom stereocenters. The van der Waals surface area contributed by atoms with E-state index in [-0.39, 0.29) is 12.5 Å². The molecule has 2 aromatic rings. The summed E-state index contributed by atoms with van der Waals surface area (Å²) in [5.74, 6) is 0.749. The van der Waals surface area contributed by atoms with Crippen LogP contribution in [-0.2, 0) is 11.2 Å². The number of aliphatic carboxylic acids is 1. The van der Waals surface area contributed by atoms with E-state index in [1.54, 1.807) is 0 Å². The van der Waals surface area contributed by atoms with E-state index in [1.165, 1.54) is 19.3 Å². The number of hydrogen-bond donors (Lipinski definition) is 1. The summed E-state index contributed by atoms with van der Waals surface area (Å²) in [6.07, 6.45) is 11.5. The predicted molar refractivity (Wildman–Crippen MR) is 136 cm³/mol. The van der Waals surface area contributed by atoms with Crippen LogP contribution in [0.4, 0.5) is 0 Å². The summed E-state index contributed by atoms with van der Waals surface area (Å²) in [5, 5.41) is 17.9. The van der Waals surface area contributed by atoms with Crippen LogP contribution in [0.25, 0.3) is 11.1 Å². The minimum absolute atomic E-state index is 0.0750. The third kappa shape index (κ3) is 7.66. The molecule has 1 aromatic carbocycles. The lowest BCUT2D eigenvalue weighted by Crippen LogP contribution is -2.39. The quantitative estimate of drug-likeness (QED) is 0.453. The molecule has 4 rings (SSSR count). The molecule has 0 amide bonds. The van der Waals surface area contributed by atoms with Crippen LogP contribution in [-0.4, -0.2) is 58.0 Å². The Kier molecular flexibility index (Phi) is 9.35. The van der Waals surface area contributed by atoms with Crippen LogP contribution < -0.4 is 9.47 Å². The number of rotatable bonds is 11. The fourth-order valence-electron chi connectivity index (χ4n) is 5.00. The molecule has 1 N–H and O–H groups in total. The number of unbranched alkanes of at least 4 members (excludes halogenated alkanes) is 1. The van der Waals surface area contributed by atoms with Crippen molar-refractivity contribution in [2.75, 3.05) is 19.6 Å². The molecular formula is C28H39N3O4. The average molecular weight is 482 g/mol. The lowest BCUT2D eigenvalue weighted by molar-refractivity contribution is -0.137. The number of piperidine rings is 1. The van der Waals surface area contributed by atoms with Gasteiger partial charge in [0, 0.05) is 31.3 Å². The van der Waals surface area contributed by atoms with E-state index in [2.05, 4.69) is 46.3 Å². The highest BCUT2D eigenvalue weighted by Crippen LogP contribution is 2.30. The van der Waals surface area contributed by atoms with Gasteiger partial charge in [0.05, 0.1) is 18.2 Å². The van der Waals surface area contributed by atoms with Gasteiger partial charge in [-0.1, -0.05) is 31.9 Å². The Morgan fingerprint density at radius 3 is 2.40 bits per heavy atom. The zero-order valence-electron chi connectivity index (χ0n) is 21.0. The Bertz CT molecular complexity index is 936. The molecule has 7 heteroatoms. The van der Waals surface area contributed by atoms with Gasteiger partial charge < -0.3 is 19.5 Å². The number of benzene rings is 1. The highest BCUT2D eigenvalue weighted by atomic mass is 16.5. The zero-order valence-corrected chi connectivity index (χ0v) is 21.0. The molecule has 1 saturated carbocycles. The summed E-state index contributed by atoms with van der Waals surface area (Å²) >= 11 is 0. The molecule has 0 spiro atoms. The summed E-state index contributed by atoms with van der Waals surface area (Å²) in [7, 11) is 0. The third-order valence-corrected chi connectivity index (χ3v) is 7.10. The van der Waals surface area contributed by atoms with Gasteiger partial charge in [0.2, 0.25) is 5.88 Å². The van der Waals surface area contributed by atoms with Gasteiger partial charge in [-0.2, -0.15) is 5.10 Å². The van der Waals surface area contributed by atoms with Gasteiger partial charge >= 0.3 is 5.97 Å². The SMILES string of the molecule is CCCCc1nnc(OC2CCN(CCC(=O)O)CC2)cc1-c1ccc(OC2CCCCC2)cc1. The molecule has 1 saturated heterocycles. The maximum atomic E-state index is 10.8. The van der Waals surface area contributed by atoms with Crippen molar-refractivity contribution in [1.82, 2.24) is 15.1 Å². The van der Waals surface area contributed by atoms with Crippen LogP contribution in [0, 0.1) is 0 Å². The molecule has 2 aliphatic rings. The van der Waals surface area contributed by atoms with Crippen LogP contribution in [0.2, 0.25) is 0 Å². The standard InChI is InChI=1S/C28H39N3O4/c1-2-3-9-26-25(21-10-12-23(13-11-21)34-22-7-5-4-6-8-22)20-27(30-29-26)35-24-14-17-31(18-15-24)19-16-28(32)33/h10-13,20,22,24H,2-9,14-19H2,1H3,(H,32,33). The fraction of sp³-hybridized carbons (Fsp3) is 0.607. The number of likely N-dealkylation sites (tertiary alicyclic amines) is 1. The maximum absolute atomic E-state index is 10.8. The first-order chi connectivity index (χ1) is 17.1. The predicted octanol–water partition coefficient (Wildman–Crippen LogP) is 5.52. The van der Waals surface area contributed by atoms with Crippen molar-refractivity contribution in [3.05, 3.63) is 36.0 Å². The second kappa shape index (κ2) is 12.9. The van der Waals surface area contributed by atoms with Crippen molar-refractivity contribution in [3.63, 3.8) is 0 Å². The Morgan fingerprint density at radius 1 is 1.00 bits per heavy atom. The molecule has 0 unspecified atom stereocenters. The lowest BCUT2D eigenvalue weighted by Gasteiger charge is -2.31.